The number of halogens is 1. The highest BCUT2D eigenvalue weighted by molar-refractivity contribution is 6.36. The first-order valence-electron chi connectivity index (χ1n) is 7.79. The van der Waals surface area contributed by atoms with E-state index in [-0.39, 0.29) is 23.8 Å². The molecule has 0 radical (unpaired) electrons. The van der Waals surface area contributed by atoms with Crippen molar-refractivity contribution in [3.63, 3.8) is 0 Å². The van der Waals surface area contributed by atoms with Crippen molar-refractivity contribution >= 4 is 23.5 Å². The predicted molar refractivity (Wildman–Crippen MR) is 98.8 cm³/mol. The Hall–Kier alpha value is -2.91. The van der Waals surface area contributed by atoms with Crippen LogP contribution in [0.4, 0.5) is 0 Å². The number of rotatable bonds is 8. The number of carbonyl (C=O) groups excluding carboxylic acids is 1. The molecule has 0 aliphatic carbocycles. The van der Waals surface area contributed by atoms with E-state index in [1.165, 1.54) is 21.3 Å². The van der Waals surface area contributed by atoms with E-state index in [4.69, 9.17) is 31.5 Å². The van der Waals surface area contributed by atoms with Gasteiger partial charge in [-0.2, -0.15) is 0 Å². The first-order valence-corrected chi connectivity index (χ1v) is 8.17. The smallest absolute Gasteiger partial charge is 0.353 e. The van der Waals surface area contributed by atoms with Crippen LogP contribution >= 0.6 is 11.6 Å². The summed E-state index contributed by atoms with van der Waals surface area (Å²) in [4.78, 5) is 25.7. The highest BCUT2D eigenvalue weighted by atomic mass is 35.5. The molecule has 0 spiro atoms. The van der Waals surface area contributed by atoms with Gasteiger partial charge in [0.25, 0.3) is 0 Å². The van der Waals surface area contributed by atoms with Gasteiger partial charge in [0.05, 0.1) is 39.4 Å². The van der Waals surface area contributed by atoms with Crippen molar-refractivity contribution in [1.82, 2.24) is 10.3 Å². The average Bonchev–Trinajstić information content (AvgIpc) is 3.00. The van der Waals surface area contributed by atoms with Crippen molar-refractivity contribution in [3.05, 3.63) is 28.5 Å². The maximum atomic E-state index is 11.5. The number of benzene rings is 1. The van der Waals surface area contributed by atoms with E-state index in [1.807, 2.05) is 0 Å². The number of hydrogen-bond donors (Lipinski definition) is 4. The summed E-state index contributed by atoms with van der Waals surface area (Å²) in [6.07, 6.45) is 0. The van der Waals surface area contributed by atoms with Crippen molar-refractivity contribution in [2.24, 2.45) is 5.73 Å². The van der Waals surface area contributed by atoms with Gasteiger partial charge in [0, 0.05) is 16.8 Å². The molecule has 10 heteroatoms. The van der Waals surface area contributed by atoms with Crippen LogP contribution in [0.3, 0.4) is 0 Å². The number of hydrogen-bond acceptors (Lipinski definition) is 6. The molecule has 0 atom stereocenters. The normalized spacial score (nSPS) is 10.4. The van der Waals surface area contributed by atoms with Crippen molar-refractivity contribution < 1.29 is 28.9 Å². The number of nitrogens with two attached hydrogens (primary N) is 1. The molecule has 0 unspecified atom stereocenters. The number of nitrogens with one attached hydrogen (secondary N) is 2. The number of ether oxygens (including phenoxy) is 3. The third kappa shape index (κ3) is 3.93. The molecule has 0 aliphatic heterocycles. The van der Waals surface area contributed by atoms with Crippen LogP contribution in [0.1, 0.15) is 16.2 Å². The number of aromatic nitrogens is 1. The molecule has 2 rings (SSSR count). The van der Waals surface area contributed by atoms with Gasteiger partial charge >= 0.3 is 5.97 Å². The molecule has 146 valence electrons. The van der Waals surface area contributed by atoms with Crippen LogP contribution in [-0.2, 0) is 11.3 Å². The molecule has 1 aromatic heterocycles. The molecule has 1 amide bonds. The topological polar surface area (TPSA) is 136 Å². The van der Waals surface area contributed by atoms with Crippen molar-refractivity contribution in [3.8, 4) is 28.4 Å². The van der Waals surface area contributed by atoms with Gasteiger partial charge in [-0.25, -0.2) is 4.79 Å². The number of aromatic amines is 1. The van der Waals surface area contributed by atoms with Crippen LogP contribution in [-0.4, -0.2) is 49.8 Å². The first-order chi connectivity index (χ1) is 12.9. The monoisotopic (exact) mass is 397 g/mol. The SMILES string of the molecule is COc1ccc(-c2c(CNC(=O)CN)[nH]c(C(=O)O)c2Cl)c(OC)c1OC. The fourth-order valence-corrected chi connectivity index (χ4v) is 2.99. The lowest BCUT2D eigenvalue weighted by Crippen LogP contribution is -2.30. The van der Waals surface area contributed by atoms with E-state index in [0.717, 1.165) is 0 Å². The largest absolute Gasteiger partial charge is 0.493 e. The van der Waals surface area contributed by atoms with E-state index in [1.54, 1.807) is 12.1 Å². The lowest BCUT2D eigenvalue weighted by atomic mass is 10.0. The lowest BCUT2D eigenvalue weighted by Gasteiger charge is -2.16. The van der Waals surface area contributed by atoms with Gasteiger partial charge in [0.15, 0.2) is 11.5 Å². The van der Waals surface area contributed by atoms with E-state index in [9.17, 15) is 14.7 Å². The Morgan fingerprint density at radius 2 is 1.85 bits per heavy atom. The van der Waals surface area contributed by atoms with Crippen LogP contribution in [0.15, 0.2) is 12.1 Å². The van der Waals surface area contributed by atoms with Gasteiger partial charge < -0.3 is 35.4 Å². The lowest BCUT2D eigenvalue weighted by molar-refractivity contribution is -0.119. The van der Waals surface area contributed by atoms with Gasteiger partial charge in [-0.05, 0) is 12.1 Å². The Kier molecular flexibility index (Phi) is 6.54. The highest BCUT2D eigenvalue weighted by Crippen LogP contribution is 2.47. The Balaban J connectivity index is 2.69. The van der Waals surface area contributed by atoms with Crippen LogP contribution < -0.4 is 25.3 Å². The standard InChI is InChI=1S/C17H20ClN3O6/c1-25-10-5-4-8(15(26-2)16(10)27-3)12-9(7-20-11(22)6-19)21-14(13(12)18)17(23)24/h4-5,21H,6-7,19H2,1-3H3,(H,20,22)(H,23,24). The minimum absolute atomic E-state index is 0.00410. The van der Waals surface area contributed by atoms with Crippen LogP contribution in [0.2, 0.25) is 5.02 Å². The Labute approximate surface area is 160 Å². The number of aromatic carboxylic acids is 1. The second-order valence-electron chi connectivity index (χ2n) is 5.34. The van der Waals surface area contributed by atoms with Crippen molar-refractivity contribution in [2.75, 3.05) is 27.9 Å². The average molecular weight is 398 g/mol. The molecular formula is C17H20ClN3O6. The molecule has 0 saturated heterocycles. The quantitative estimate of drug-likeness (QED) is 0.531. The number of carboxylic acids is 1. The number of methoxy groups -OCH3 is 3. The number of carbonyl (C=O) groups is 2. The third-order valence-corrected chi connectivity index (χ3v) is 4.23. The Bertz CT molecular complexity index is 865. The minimum atomic E-state index is -1.24. The van der Waals surface area contributed by atoms with Gasteiger partial charge in [0.2, 0.25) is 11.7 Å². The Morgan fingerprint density at radius 1 is 1.19 bits per heavy atom. The maximum absolute atomic E-state index is 11.5. The molecule has 27 heavy (non-hydrogen) atoms. The van der Waals surface area contributed by atoms with Gasteiger partial charge in [-0.3, -0.25) is 4.79 Å². The predicted octanol–water partition coefficient (Wildman–Crippen LogP) is 1.63. The van der Waals surface area contributed by atoms with Crippen molar-refractivity contribution in [1.29, 1.82) is 0 Å². The second kappa shape index (κ2) is 8.65. The van der Waals surface area contributed by atoms with E-state index in [0.29, 0.717) is 34.1 Å². The molecular weight excluding hydrogens is 378 g/mol. The molecule has 1 heterocycles. The summed E-state index contributed by atoms with van der Waals surface area (Å²) in [5.41, 5.74) is 6.30. The summed E-state index contributed by atoms with van der Waals surface area (Å²) in [5.74, 6) is -0.578. The summed E-state index contributed by atoms with van der Waals surface area (Å²) in [6.45, 7) is -0.203. The second-order valence-corrected chi connectivity index (χ2v) is 5.71. The summed E-state index contributed by atoms with van der Waals surface area (Å²) in [6, 6.07) is 3.30. The number of carboxylic acid groups (broad SMARTS) is 1. The minimum Gasteiger partial charge on any atom is -0.493 e. The van der Waals surface area contributed by atoms with E-state index in [2.05, 4.69) is 10.3 Å². The molecule has 1 aromatic carbocycles. The zero-order valence-corrected chi connectivity index (χ0v) is 15.8. The van der Waals surface area contributed by atoms with Crippen LogP contribution in [0.25, 0.3) is 11.1 Å². The zero-order valence-electron chi connectivity index (χ0n) is 15.0. The van der Waals surface area contributed by atoms with Gasteiger partial charge in [0.1, 0.15) is 5.69 Å². The highest BCUT2D eigenvalue weighted by Gasteiger charge is 2.26. The first kappa shape index (κ1) is 20.4. The number of amides is 1. The fourth-order valence-electron chi connectivity index (χ4n) is 2.64. The summed E-state index contributed by atoms with van der Waals surface area (Å²) in [5, 5.41) is 11.9. The number of H-pyrrole nitrogens is 1. The molecule has 0 saturated carbocycles. The molecule has 9 nitrogen and oxygen atoms in total. The molecule has 0 bridgehead atoms. The van der Waals surface area contributed by atoms with Gasteiger partial charge in [-0.15, -0.1) is 0 Å². The van der Waals surface area contributed by atoms with Crippen LogP contribution in [0, 0.1) is 0 Å². The zero-order chi connectivity index (χ0) is 20.1. The summed E-state index contributed by atoms with van der Waals surface area (Å²) >= 11 is 6.33. The summed E-state index contributed by atoms with van der Waals surface area (Å²) < 4.78 is 16.1. The maximum Gasteiger partial charge on any atom is 0.353 e. The van der Waals surface area contributed by atoms with E-state index >= 15 is 0 Å². The third-order valence-electron chi connectivity index (χ3n) is 3.85. The molecule has 5 N–H and O–H groups in total. The Morgan fingerprint density at radius 3 is 2.37 bits per heavy atom. The van der Waals surface area contributed by atoms with E-state index < -0.39 is 11.9 Å². The van der Waals surface area contributed by atoms with Crippen LogP contribution in [0.5, 0.6) is 17.2 Å². The molecule has 2 aromatic rings. The van der Waals surface area contributed by atoms with Gasteiger partial charge in [-0.1, -0.05) is 11.6 Å². The van der Waals surface area contributed by atoms with Crippen molar-refractivity contribution in [2.45, 2.75) is 6.54 Å². The summed E-state index contributed by atoms with van der Waals surface area (Å²) in [7, 11) is 4.37. The molecule has 0 fully saturated rings. The fraction of sp³-hybridized carbons (Fsp3) is 0.294. The molecule has 0 aliphatic rings.